The number of aryl methyl sites for hydroxylation is 2. The topological polar surface area (TPSA) is 118 Å². The second-order valence-corrected chi connectivity index (χ2v) is 9.09. The largest absolute Gasteiger partial charge is 0.321 e. The van der Waals surface area contributed by atoms with Gasteiger partial charge in [-0.2, -0.15) is 5.26 Å². The zero-order valence-corrected chi connectivity index (χ0v) is 20.2. The van der Waals surface area contributed by atoms with Crippen molar-refractivity contribution in [2.45, 2.75) is 13.8 Å². The highest BCUT2D eigenvalue weighted by atomic mass is 32.1. The number of nitro benzene ring substituents is 1. The lowest BCUT2D eigenvalue weighted by atomic mass is 10.1. The van der Waals surface area contributed by atoms with Gasteiger partial charge in [0.25, 0.3) is 17.2 Å². The highest BCUT2D eigenvalue weighted by molar-refractivity contribution is 7.07. The van der Waals surface area contributed by atoms with Gasteiger partial charge in [-0.15, -0.1) is 11.3 Å². The number of thiazole rings is 1. The minimum atomic E-state index is -0.643. The maximum Gasteiger partial charge on any atom is 0.273 e. The first kappa shape index (κ1) is 24.3. The van der Waals surface area contributed by atoms with Crippen LogP contribution in [0.3, 0.4) is 0 Å². The third-order valence-corrected chi connectivity index (χ3v) is 6.34. The van der Waals surface area contributed by atoms with Crippen molar-refractivity contribution >= 4 is 40.3 Å². The van der Waals surface area contributed by atoms with E-state index in [0.717, 1.165) is 22.5 Å². The van der Waals surface area contributed by atoms with E-state index in [-0.39, 0.29) is 20.5 Å². The molecular formula is C27H20N4O4S. The van der Waals surface area contributed by atoms with Gasteiger partial charge in [0.2, 0.25) is 0 Å². The van der Waals surface area contributed by atoms with Crippen molar-refractivity contribution in [3.63, 3.8) is 0 Å². The zero-order valence-electron chi connectivity index (χ0n) is 19.4. The Hall–Kier alpha value is -4.81. The SMILES string of the molecule is Cc1cc(C)cc(NC(=O)/C(C#N)=c2/s/c(=C/c3cccc([N+](=O)[O-])c3)c(=O)n2-c2ccccc2)c1. The van der Waals surface area contributed by atoms with Crippen LogP contribution >= 0.6 is 11.3 Å². The van der Waals surface area contributed by atoms with Crippen molar-refractivity contribution in [2.75, 3.05) is 5.32 Å². The summed E-state index contributed by atoms with van der Waals surface area (Å²) in [7, 11) is 0. The van der Waals surface area contributed by atoms with E-state index in [1.807, 2.05) is 26.0 Å². The number of amides is 1. The molecule has 36 heavy (non-hydrogen) atoms. The third-order valence-electron chi connectivity index (χ3n) is 5.25. The summed E-state index contributed by atoms with van der Waals surface area (Å²) in [5, 5.41) is 23.9. The van der Waals surface area contributed by atoms with Crippen LogP contribution in [0.15, 0.2) is 77.6 Å². The van der Waals surface area contributed by atoms with Crippen molar-refractivity contribution in [1.29, 1.82) is 5.26 Å². The number of nitro groups is 1. The Morgan fingerprint density at radius 2 is 1.75 bits per heavy atom. The van der Waals surface area contributed by atoms with E-state index in [2.05, 4.69) is 5.32 Å². The Morgan fingerprint density at radius 1 is 1.06 bits per heavy atom. The molecule has 0 aliphatic rings. The van der Waals surface area contributed by atoms with Gasteiger partial charge in [-0.05, 0) is 60.9 Å². The minimum Gasteiger partial charge on any atom is -0.321 e. The van der Waals surface area contributed by atoms with E-state index >= 15 is 0 Å². The van der Waals surface area contributed by atoms with Crippen LogP contribution in [0.5, 0.6) is 0 Å². The summed E-state index contributed by atoms with van der Waals surface area (Å²) in [6.45, 7) is 3.81. The summed E-state index contributed by atoms with van der Waals surface area (Å²) in [4.78, 5) is 37.3. The lowest BCUT2D eigenvalue weighted by Gasteiger charge is -2.07. The second-order valence-electron chi connectivity index (χ2n) is 8.06. The van der Waals surface area contributed by atoms with Gasteiger partial charge in [-0.3, -0.25) is 24.3 Å². The molecule has 3 aromatic carbocycles. The number of anilines is 1. The van der Waals surface area contributed by atoms with E-state index in [4.69, 9.17) is 0 Å². The van der Waals surface area contributed by atoms with Crippen LogP contribution in [-0.2, 0) is 4.79 Å². The minimum absolute atomic E-state index is 0.110. The van der Waals surface area contributed by atoms with Gasteiger partial charge in [0, 0.05) is 17.8 Å². The molecule has 9 heteroatoms. The maximum absolute atomic E-state index is 13.5. The number of nitrogens with zero attached hydrogens (tertiary/aromatic N) is 3. The number of nitriles is 1. The standard InChI is InChI=1S/C27H20N4O4S/c1-17-11-18(2)13-20(12-17)29-25(32)23(16-28)27-30(21-8-4-3-5-9-21)26(33)24(36-27)15-19-7-6-10-22(14-19)31(34)35/h3-15H,1-2H3,(H,29,32)/b24-15+,27-23+. The number of aromatic nitrogens is 1. The number of non-ortho nitro benzene ring substituents is 1. The number of benzene rings is 3. The summed E-state index contributed by atoms with van der Waals surface area (Å²) in [6.07, 6.45) is 1.51. The molecule has 0 radical (unpaired) electrons. The van der Waals surface area contributed by atoms with Crippen LogP contribution in [0.1, 0.15) is 16.7 Å². The summed E-state index contributed by atoms with van der Waals surface area (Å²) in [6, 6.07) is 22.1. The smallest absolute Gasteiger partial charge is 0.273 e. The van der Waals surface area contributed by atoms with Crippen molar-refractivity contribution in [3.8, 4) is 11.8 Å². The van der Waals surface area contributed by atoms with E-state index in [9.17, 15) is 25.0 Å². The molecule has 0 aliphatic carbocycles. The molecule has 0 fully saturated rings. The predicted molar refractivity (Wildman–Crippen MR) is 139 cm³/mol. The van der Waals surface area contributed by atoms with Crippen LogP contribution < -0.4 is 20.1 Å². The maximum atomic E-state index is 13.5. The lowest BCUT2D eigenvalue weighted by Crippen LogP contribution is -2.32. The molecule has 1 amide bonds. The molecule has 1 N–H and O–H groups in total. The quantitative estimate of drug-likeness (QED) is 0.335. The third kappa shape index (κ3) is 5.14. The molecular weight excluding hydrogens is 476 g/mol. The van der Waals surface area contributed by atoms with E-state index in [1.54, 1.807) is 48.5 Å². The Morgan fingerprint density at radius 3 is 2.39 bits per heavy atom. The number of hydrogen-bond donors (Lipinski definition) is 1. The van der Waals surface area contributed by atoms with Crippen molar-refractivity contribution in [3.05, 3.63) is 119 Å². The summed E-state index contributed by atoms with van der Waals surface area (Å²) in [5.41, 5.74) is 2.61. The van der Waals surface area contributed by atoms with Crippen molar-refractivity contribution in [1.82, 2.24) is 4.57 Å². The molecule has 4 aromatic rings. The molecule has 0 saturated heterocycles. The Kier molecular flexibility index (Phi) is 6.90. The zero-order chi connectivity index (χ0) is 25.8. The molecule has 1 heterocycles. The first-order chi connectivity index (χ1) is 17.3. The number of hydrogen-bond acceptors (Lipinski definition) is 6. The van der Waals surface area contributed by atoms with Gasteiger partial charge in [0.15, 0.2) is 5.57 Å². The van der Waals surface area contributed by atoms with Gasteiger partial charge in [-0.1, -0.05) is 36.4 Å². The fourth-order valence-corrected chi connectivity index (χ4v) is 4.88. The van der Waals surface area contributed by atoms with E-state index < -0.39 is 16.4 Å². The first-order valence-corrected chi connectivity index (χ1v) is 11.7. The monoisotopic (exact) mass is 496 g/mol. The Balaban J connectivity index is 1.95. The van der Waals surface area contributed by atoms with Crippen LogP contribution in [0.25, 0.3) is 17.3 Å². The second kappa shape index (κ2) is 10.2. The molecule has 4 rings (SSSR count). The Labute approximate surface area is 209 Å². The van der Waals surface area contributed by atoms with Gasteiger partial charge >= 0.3 is 0 Å². The highest BCUT2D eigenvalue weighted by Crippen LogP contribution is 2.15. The fraction of sp³-hybridized carbons (Fsp3) is 0.0741. The average Bonchev–Trinajstić information content (AvgIpc) is 3.15. The van der Waals surface area contributed by atoms with E-state index in [0.29, 0.717) is 16.9 Å². The van der Waals surface area contributed by atoms with Crippen LogP contribution in [0.4, 0.5) is 11.4 Å². The van der Waals surface area contributed by atoms with Gasteiger partial charge in [0.1, 0.15) is 10.7 Å². The molecule has 0 saturated carbocycles. The predicted octanol–water partition coefficient (Wildman–Crippen LogP) is 3.57. The van der Waals surface area contributed by atoms with Crippen molar-refractivity contribution in [2.24, 2.45) is 0 Å². The number of nitrogens with one attached hydrogen (secondary N) is 1. The highest BCUT2D eigenvalue weighted by Gasteiger charge is 2.17. The number of para-hydroxylation sites is 1. The summed E-state index contributed by atoms with van der Waals surface area (Å²) < 4.78 is 1.70. The van der Waals surface area contributed by atoms with Gasteiger partial charge < -0.3 is 5.32 Å². The molecule has 0 atom stereocenters. The first-order valence-electron chi connectivity index (χ1n) is 10.8. The van der Waals surface area contributed by atoms with Crippen molar-refractivity contribution < 1.29 is 9.72 Å². The molecule has 0 spiro atoms. The van der Waals surface area contributed by atoms with Crippen LogP contribution in [0, 0.1) is 35.3 Å². The van der Waals surface area contributed by atoms with E-state index in [1.165, 1.54) is 28.8 Å². The number of rotatable bonds is 5. The number of carbonyl (C=O) groups excluding carboxylic acids is 1. The van der Waals surface area contributed by atoms with Crippen LogP contribution in [-0.4, -0.2) is 15.4 Å². The normalized spacial score (nSPS) is 12.1. The average molecular weight is 497 g/mol. The van der Waals surface area contributed by atoms with Gasteiger partial charge in [0.05, 0.1) is 15.1 Å². The molecule has 0 bridgehead atoms. The molecule has 0 aliphatic heterocycles. The molecule has 8 nitrogen and oxygen atoms in total. The summed E-state index contributed by atoms with van der Waals surface area (Å²) in [5.74, 6) is -0.643. The molecule has 178 valence electrons. The Bertz CT molecular complexity index is 1690. The lowest BCUT2D eigenvalue weighted by molar-refractivity contribution is -0.384. The fourth-order valence-electron chi connectivity index (χ4n) is 3.78. The number of carbonyl (C=O) groups is 1. The van der Waals surface area contributed by atoms with Crippen LogP contribution in [0.2, 0.25) is 0 Å². The van der Waals surface area contributed by atoms with Gasteiger partial charge in [-0.25, -0.2) is 0 Å². The molecule has 0 unspecified atom stereocenters. The molecule has 1 aromatic heterocycles. The summed E-state index contributed by atoms with van der Waals surface area (Å²) >= 11 is 0.973.